The Kier molecular flexibility index (Phi) is 2.66. The van der Waals surface area contributed by atoms with Gasteiger partial charge in [0.05, 0.1) is 11.7 Å². The second-order valence-corrected chi connectivity index (χ2v) is 3.06. The van der Waals surface area contributed by atoms with Gasteiger partial charge in [-0.05, 0) is 18.5 Å². The van der Waals surface area contributed by atoms with Crippen molar-refractivity contribution in [3.8, 4) is 0 Å². The summed E-state index contributed by atoms with van der Waals surface area (Å²) in [5, 5.41) is 9.17. The van der Waals surface area contributed by atoms with Gasteiger partial charge in [0, 0.05) is 1.37 Å². The maximum Gasteiger partial charge on any atom is 0.225 e. The van der Waals surface area contributed by atoms with E-state index in [1.807, 2.05) is 0 Å². The first-order chi connectivity index (χ1) is 6.06. The van der Waals surface area contributed by atoms with E-state index in [4.69, 9.17) is 36.2 Å². The molecule has 0 aliphatic rings. The quantitative estimate of drug-likeness (QED) is 0.593. The minimum Gasteiger partial charge on any atom is -0.388 e. The maximum absolute atomic E-state index is 9.30. The standard InChI is InChI=1S/C6H5Cl3N2O/c1-2(12)3-4(7)10-6(9)11-5(3)8/h2,12H,1H3/i1D. The van der Waals surface area contributed by atoms with Gasteiger partial charge in [0.15, 0.2) is 0 Å². The maximum atomic E-state index is 9.30. The minimum atomic E-state index is -1.09. The van der Waals surface area contributed by atoms with Crippen molar-refractivity contribution in [2.24, 2.45) is 0 Å². The van der Waals surface area contributed by atoms with Crippen molar-refractivity contribution in [2.45, 2.75) is 13.0 Å². The number of aliphatic hydroxyl groups is 1. The van der Waals surface area contributed by atoms with Gasteiger partial charge >= 0.3 is 0 Å². The van der Waals surface area contributed by atoms with E-state index in [2.05, 4.69) is 9.97 Å². The van der Waals surface area contributed by atoms with Crippen LogP contribution in [0.15, 0.2) is 0 Å². The topological polar surface area (TPSA) is 46.0 Å². The fraction of sp³-hybridized carbons (Fsp3) is 0.333. The highest BCUT2D eigenvalue weighted by Crippen LogP contribution is 2.28. The third kappa shape index (κ3) is 1.98. The van der Waals surface area contributed by atoms with Gasteiger partial charge in [-0.3, -0.25) is 0 Å². The van der Waals surface area contributed by atoms with Crippen molar-refractivity contribution in [3.63, 3.8) is 0 Å². The van der Waals surface area contributed by atoms with Crippen molar-refractivity contribution >= 4 is 34.8 Å². The molecule has 0 saturated carbocycles. The largest absolute Gasteiger partial charge is 0.388 e. The van der Waals surface area contributed by atoms with E-state index < -0.39 is 6.10 Å². The summed E-state index contributed by atoms with van der Waals surface area (Å²) in [5.74, 6) is 0. The molecule has 12 heavy (non-hydrogen) atoms. The minimum absolute atomic E-state index is 0.0234. The Balaban J connectivity index is 3.20. The van der Waals surface area contributed by atoms with E-state index in [0.717, 1.165) is 0 Å². The number of rotatable bonds is 1. The van der Waals surface area contributed by atoms with Gasteiger partial charge in [-0.15, -0.1) is 0 Å². The highest BCUT2D eigenvalue weighted by Gasteiger charge is 2.14. The third-order valence-corrected chi connectivity index (χ3v) is 1.90. The van der Waals surface area contributed by atoms with Crippen molar-refractivity contribution in [1.29, 1.82) is 0 Å². The summed E-state index contributed by atoms with van der Waals surface area (Å²) in [5.41, 5.74) is 0.141. The highest BCUT2D eigenvalue weighted by molar-refractivity contribution is 6.36. The number of halogens is 3. The average Bonchev–Trinajstić information content (AvgIpc) is 2.02. The van der Waals surface area contributed by atoms with Gasteiger partial charge < -0.3 is 5.11 Å². The van der Waals surface area contributed by atoms with Crippen LogP contribution in [0.2, 0.25) is 15.6 Å². The van der Waals surface area contributed by atoms with E-state index in [-0.39, 0.29) is 28.1 Å². The van der Waals surface area contributed by atoms with Crippen LogP contribution in [0.4, 0.5) is 0 Å². The summed E-state index contributed by atoms with van der Waals surface area (Å²) in [6, 6.07) is 0. The molecule has 0 bridgehead atoms. The molecule has 66 valence electrons. The van der Waals surface area contributed by atoms with Gasteiger partial charge in [-0.2, -0.15) is 0 Å². The lowest BCUT2D eigenvalue weighted by Crippen LogP contribution is -1.98. The number of nitrogens with zero attached hydrogens (tertiary/aromatic N) is 2. The van der Waals surface area contributed by atoms with Crippen LogP contribution in [0.1, 0.15) is 19.9 Å². The molecule has 1 aromatic heterocycles. The zero-order valence-corrected chi connectivity index (χ0v) is 8.03. The average molecular weight is 228 g/mol. The fourth-order valence-electron chi connectivity index (χ4n) is 0.668. The molecule has 0 saturated heterocycles. The lowest BCUT2D eigenvalue weighted by molar-refractivity contribution is 0.198. The molecule has 1 heterocycles. The Bertz CT molecular complexity index is 300. The molecule has 0 aliphatic carbocycles. The van der Waals surface area contributed by atoms with Crippen molar-refractivity contribution < 1.29 is 6.48 Å². The molecule has 0 spiro atoms. The molecule has 1 N–H and O–H groups in total. The number of hydrogen-bond acceptors (Lipinski definition) is 3. The van der Waals surface area contributed by atoms with Crippen LogP contribution >= 0.6 is 34.8 Å². The van der Waals surface area contributed by atoms with Crippen LogP contribution in [0, 0.1) is 0 Å². The van der Waals surface area contributed by atoms with Crippen molar-refractivity contribution in [1.82, 2.24) is 9.97 Å². The highest BCUT2D eigenvalue weighted by atomic mass is 35.5. The molecule has 1 atom stereocenters. The normalized spacial score (nSPS) is 14.2. The molecule has 0 fully saturated rings. The Hall–Kier alpha value is -0.0900. The first-order valence-corrected chi connectivity index (χ1v) is 4.05. The Morgan fingerprint density at radius 1 is 1.33 bits per heavy atom. The summed E-state index contributed by atoms with van der Waals surface area (Å²) < 4.78 is 6.94. The molecule has 0 radical (unpaired) electrons. The van der Waals surface area contributed by atoms with Crippen LogP contribution in [-0.4, -0.2) is 15.1 Å². The zero-order chi connectivity index (χ0) is 10.0. The van der Waals surface area contributed by atoms with Crippen LogP contribution in [0.5, 0.6) is 0 Å². The molecule has 3 nitrogen and oxygen atoms in total. The van der Waals surface area contributed by atoms with E-state index in [1.165, 1.54) is 0 Å². The molecule has 6 heteroatoms. The molecule has 0 amide bonds. The van der Waals surface area contributed by atoms with Gasteiger partial charge in [-0.25, -0.2) is 9.97 Å². The molecule has 1 rings (SSSR count). The number of aliphatic hydroxyl groups excluding tert-OH is 1. The lowest BCUT2D eigenvalue weighted by atomic mass is 10.2. The Morgan fingerprint density at radius 2 is 1.83 bits per heavy atom. The van der Waals surface area contributed by atoms with Gasteiger partial charge in [0.1, 0.15) is 10.3 Å². The van der Waals surface area contributed by atoms with Crippen LogP contribution < -0.4 is 0 Å². The summed E-state index contributed by atoms with van der Waals surface area (Å²) >= 11 is 16.7. The van der Waals surface area contributed by atoms with Gasteiger partial charge in [-0.1, -0.05) is 23.2 Å². The molecule has 1 aromatic rings. The molecule has 0 aliphatic heterocycles. The summed E-state index contributed by atoms with van der Waals surface area (Å²) in [6.45, 7) is -0.259. The SMILES string of the molecule is [2H]CC(O)c1c(Cl)nc(Cl)nc1Cl. The third-order valence-electron chi connectivity index (χ3n) is 1.16. The first kappa shape index (κ1) is 8.51. The summed E-state index contributed by atoms with van der Waals surface area (Å²) in [6.07, 6.45) is -1.09. The number of aromatic nitrogens is 2. The molecular weight excluding hydrogens is 222 g/mol. The Labute approximate surface area is 85.7 Å². The van der Waals surface area contributed by atoms with E-state index in [1.54, 1.807) is 0 Å². The molecular formula is C6H5Cl3N2O. The molecule has 0 aromatic carbocycles. The van der Waals surface area contributed by atoms with E-state index in [0.29, 0.717) is 0 Å². The monoisotopic (exact) mass is 227 g/mol. The predicted molar refractivity (Wildman–Crippen MR) is 47.7 cm³/mol. The smallest absolute Gasteiger partial charge is 0.225 e. The van der Waals surface area contributed by atoms with E-state index >= 15 is 0 Å². The summed E-state index contributed by atoms with van der Waals surface area (Å²) in [7, 11) is 0. The van der Waals surface area contributed by atoms with Gasteiger partial charge in [0.2, 0.25) is 5.28 Å². The van der Waals surface area contributed by atoms with Crippen LogP contribution in [-0.2, 0) is 0 Å². The van der Waals surface area contributed by atoms with E-state index in [9.17, 15) is 5.11 Å². The van der Waals surface area contributed by atoms with Gasteiger partial charge in [0.25, 0.3) is 0 Å². The fourth-order valence-corrected chi connectivity index (χ4v) is 1.56. The first-order valence-electron chi connectivity index (χ1n) is 3.62. The van der Waals surface area contributed by atoms with Crippen LogP contribution in [0.25, 0.3) is 0 Å². The Morgan fingerprint density at radius 3 is 2.25 bits per heavy atom. The predicted octanol–water partition coefficient (Wildman–Crippen LogP) is 2.49. The lowest BCUT2D eigenvalue weighted by Gasteiger charge is -2.07. The summed E-state index contributed by atoms with van der Waals surface area (Å²) in [4.78, 5) is 7.19. The molecule has 1 unspecified atom stereocenters. The second kappa shape index (κ2) is 3.75. The second-order valence-electron chi connectivity index (χ2n) is 2.00. The number of hydrogen-bond donors (Lipinski definition) is 1. The van der Waals surface area contributed by atoms with Crippen molar-refractivity contribution in [3.05, 3.63) is 21.2 Å². The zero-order valence-electron chi connectivity index (χ0n) is 6.76. The van der Waals surface area contributed by atoms with Crippen LogP contribution in [0.3, 0.4) is 0 Å². The van der Waals surface area contributed by atoms with Crippen molar-refractivity contribution in [2.75, 3.05) is 0 Å².